The molecule has 0 aliphatic carbocycles. The Morgan fingerprint density at radius 3 is 2.00 bits per heavy atom. The van der Waals surface area contributed by atoms with Crippen LogP contribution in [0.1, 0.15) is 33.3 Å². The molecule has 0 saturated heterocycles. The van der Waals surface area contributed by atoms with E-state index in [4.69, 9.17) is 4.74 Å². The maximum atomic E-state index is 6.23. The van der Waals surface area contributed by atoms with Gasteiger partial charge in [-0.25, -0.2) is 0 Å². The van der Waals surface area contributed by atoms with Gasteiger partial charge in [-0.1, -0.05) is 69.3 Å². The molecular weight excluding hydrogens is 282 g/mol. The monoisotopic (exact) mass is 306 g/mol. The second-order valence-corrected chi connectivity index (χ2v) is 6.93. The van der Waals surface area contributed by atoms with E-state index in [0.29, 0.717) is 0 Å². The van der Waals surface area contributed by atoms with E-state index in [-0.39, 0.29) is 11.6 Å². The van der Waals surface area contributed by atoms with Gasteiger partial charge in [-0.15, -0.1) is 0 Å². The van der Waals surface area contributed by atoms with Gasteiger partial charge in [-0.2, -0.15) is 4.58 Å². The summed E-state index contributed by atoms with van der Waals surface area (Å²) in [4.78, 5) is 0. The Bertz CT molecular complexity index is 736. The van der Waals surface area contributed by atoms with Crippen LogP contribution in [0.15, 0.2) is 66.7 Å². The molecule has 23 heavy (non-hydrogen) atoms. The van der Waals surface area contributed by atoms with Crippen LogP contribution in [0.2, 0.25) is 0 Å². The number of rotatable bonds is 2. The van der Waals surface area contributed by atoms with E-state index in [0.717, 1.165) is 17.0 Å². The number of allylic oxidation sites excluding steroid dienone is 1. The molecule has 0 radical (unpaired) electrons. The molecule has 2 nitrogen and oxygen atoms in total. The summed E-state index contributed by atoms with van der Waals surface area (Å²) in [6, 6.07) is 20.8. The van der Waals surface area contributed by atoms with Crippen molar-refractivity contribution in [1.29, 1.82) is 0 Å². The first-order valence-electron chi connectivity index (χ1n) is 8.12. The van der Waals surface area contributed by atoms with Crippen LogP contribution in [0, 0.1) is 5.41 Å². The van der Waals surface area contributed by atoms with Crippen molar-refractivity contribution in [2.45, 2.75) is 33.9 Å². The van der Waals surface area contributed by atoms with Gasteiger partial charge >= 0.3 is 0 Å². The molecule has 2 aromatic rings. The van der Waals surface area contributed by atoms with Gasteiger partial charge in [0.1, 0.15) is 5.76 Å². The average molecular weight is 306 g/mol. The third-order valence-electron chi connectivity index (χ3n) is 4.05. The van der Waals surface area contributed by atoms with Crippen LogP contribution in [-0.2, 0) is 4.74 Å². The summed E-state index contributed by atoms with van der Waals surface area (Å²) in [5.74, 6) is 0.940. The van der Waals surface area contributed by atoms with Gasteiger partial charge in [0.15, 0.2) is 5.71 Å². The first-order valence-corrected chi connectivity index (χ1v) is 8.12. The van der Waals surface area contributed by atoms with Gasteiger partial charge in [0.25, 0.3) is 6.23 Å². The van der Waals surface area contributed by atoms with Crippen molar-refractivity contribution in [1.82, 2.24) is 0 Å². The van der Waals surface area contributed by atoms with Crippen LogP contribution in [0.3, 0.4) is 0 Å². The lowest BCUT2D eigenvalue weighted by Gasteiger charge is -2.27. The zero-order chi connectivity index (χ0) is 16.4. The Balaban J connectivity index is 2.17. The first-order chi connectivity index (χ1) is 11.0. The number of hydrogen-bond acceptors (Lipinski definition) is 1. The Kier molecular flexibility index (Phi) is 4.08. The molecule has 0 fully saturated rings. The number of para-hydroxylation sites is 1. The Hall–Kier alpha value is -2.35. The smallest absolute Gasteiger partial charge is 0.299 e. The SMILES string of the molecule is CC1OC(c2ccccc2)=CC(C(C)(C)C)=[N+]1c1ccccc1. The van der Waals surface area contributed by atoms with Gasteiger partial charge in [0.05, 0.1) is 0 Å². The lowest BCUT2D eigenvalue weighted by atomic mass is 9.87. The standard InChI is InChI=1S/C21H24NO/c1-16-22(18-13-9-6-10-14-18)20(21(2,3)4)15-19(23-16)17-11-7-5-8-12-17/h5-16H,1-4H3/q+1. The third kappa shape index (κ3) is 3.21. The molecule has 118 valence electrons. The minimum absolute atomic E-state index is 0.0217. The molecule has 3 rings (SSSR count). The normalized spacial score (nSPS) is 18.4. The highest BCUT2D eigenvalue weighted by Gasteiger charge is 2.36. The Morgan fingerprint density at radius 1 is 0.870 bits per heavy atom. The molecule has 2 heteroatoms. The number of hydrogen-bond donors (Lipinski definition) is 0. The number of ether oxygens (including phenoxy) is 1. The first kappa shape index (κ1) is 15.5. The van der Waals surface area contributed by atoms with Crippen molar-refractivity contribution >= 4 is 17.2 Å². The van der Waals surface area contributed by atoms with Crippen molar-refractivity contribution in [3.8, 4) is 0 Å². The van der Waals surface area contributed by atoms with Crippen LogP contribution in [0.4, 0.5) is 5.69 Å². The van der Waals surface area contributed by atoms with Gasteiger partial charge < -0.3 is 4.74 Å². The molecule has 0 spiro atoms. The topological polar surface area (TPSA) is 12.2 Å². The molecule has 0 N–H and O–H groups in total. The second kappa shape index (κ2) is 6.04. The summed E-state index contributed by atoms with van der Waals surface area (Å²) < 4.78 is 8.52. The minimum Gasteiger partial charge on any atom is -0.433 e. The molecule has 2 aromatic carbocycles. The lowest BCUT2D eigenvalue weighted by molar-refractivity contribution is -0.533. The van der Waals surface area contributed by atoms with Crippen molar-refractivity contribution in [2.75, 3.05) is 0 Å². The molecule has 1 aliphatic heterocycles. The number of nitrogens with zero attached hydrogens (tertiary/aromatic N) is 1. The fraction of sp³-hybridized carbons (Fsp3) is 0.286. The van der Waals surface area contributed by atoms with Gasteiger partial charge in [-0.3, -0.25) is 0 Å². The Morgan fingerprint density at radius 2 is 1.43 bits per heavy atom. The summed E-state index contributed by atoms with van der Waals surface area (Å²) in [7, 11) is 0. The maximum Gasteiger partial charge on any atom is 0.299 e. The highest BCUT2D eigenvalue weighted by atomic mass is 16.5. The molecule has 1 atom stereocenters. The van der Waals surface area contributed by atoms with Crippen LogP contribution in [-0.4, -0.2) is 16.5 Å². The van der Waals surface area contributed by atoms with Crippen molar-refractivity contribution in [3.05, 3.63) is 72.3 Å². The van der Waals surface area contributed by atoms with Crippen molar-refractivity contribution in [3.63, 3.8) is 0 Å². The zero-order valence-electron chi connectivity index (χ0n) is 14.3. The van der Waals surface area contributed by atoms with Gasteiger partial charge in [0.2, 0.25) is 5.69 Å². The fourth-order valence-electron chi connectivity index (χ4n) is 2.93. The predicted molar refractivity (Wildman–Crippen MR) is 95.8 cm³/mol. The molecule has 1 unspecified atom stereocenters. The second-order valence-electron chi connectivity index (χ2n) is 6.93. The summed E-state index contributed by atoms with van der Waals surface area (Å²) in [6.45, 7) is 8.84. The van der Waals surface area contributed by atoms with Crippen LogP contribution in [0.5, 0.6) is 0 Å². The van der Waals surface area contributed by atoms with Crippen LogP contribution < -0.4 is 0 Å². The molecule has 0 amide bonds. The maximum absolute atomic E-state index is 6.23. The summed E-state index contributed by atoms with van der Waals surface area (Å²) in [6.07, 6.45) is 2.13. The van der Waals surface area contributed by atoms with Gasteiger partial charge in [0, 0.05) is 36.1 Å². The average Bonchev–Trinajstić information content (AvgIpc) is 2.55. The van der Waals surface area contributed by atoms with Crippen LogP contribution in [0.25, 0.3) is 5.76 Å². The molecule has 0 bridgehead atoms. The van der Waals surface area contributed by atoms with Crippen molar-refractivity contribution in [2.24, 2.45) is 5.41 Å². The molecule has 1 heterocycles. The minimum atomic E-state index is -0.0492. The van der Waals surface area contributed by atoms with E-state index in [1.165, 1.54) is 5.71 Å². The van der Waals surface area contributed by atoms with E-state index >= 15 is 0 Å². The summed E-state index contributed by atoms with van der Waals surface area (Å²) in [5, 5.41) is 0. The zero-order valence-corrected chi connectivity index (χ0v) is 14.3. The van der Waals surface area contributed by atoms with E-state index in [2.05, 4.69) is 74.7 Å². The van der Waals surface area contributed by atoms with E-state index in [1.807, 2.05) is 24.3 Å². The quantitative estimate of drug-likeness (QED) is 0.692. The van der Waals surface area contributed by atoms with Crippen molar-refractivity contribution < 1.29 is 9.31 Å². The lowest BCUT2D eigenvalue weighted by Crippen LogP contribution is -2.37. The highest BCUT2D eigenvalue weighted by Crippen LogP contribution is 2.31. The summed E-state index contributed by atoms with van der Waals surface area (Å²) >= 11 is 0. The van der Waals surface area contributed by atoms with E-state index in [1.54, 1.807) is 0 Å². The fourth-order valence-corrected chi connectivity index (χ4v) is 2.93. The molecule has 1 aliphatic rings. The van der Waals surface area contributed by atoms with E-state index in [9.17, 15) is 0 Å². The highest BCUT2D eigenvalue weighted by molar-refractivity contribution is 6.01. The number of benzene rings is 2. The predicted octanol–water partition coefficient (Wildman–Crippen LogP) is 5.24. The van der Waals surface area contributed by atoms with Gasteiger partial charge in [-0.05, 0) is 0 Å². The Labute approximate surface area is 138 Å². The molecular formula is C21H24NO+. The largest absolute Gasteiger partial charge is 0.433 e. The molecule has 0 saturated carbocycles. The third-order valence-corrected chi connectivity index (χ3v) is 4.05. The van der Waals surface area contributed by atoms with Crippen LogP contribution >= 0.6 is 0 Å². The summed E-state index contributed by atoms with van der Waals surface area (Å²) in [5.41, 5.74) is 3.57. The van der Waals surface area contributed by atoms with E-state index < -0.39 is 0 Å². The molecule has 0 aromatic heterocycles.